The number of fused-ring (bicyclic) bond motifs is 1. The molecule has 0 spiro atoms. The molecule has 29 heavy (non-hydrogen) atoms. The van der Waals surface area contributed by atoms with E-state index >= 15 is 0 Å². The van der Waals surface area contributed by atoms with Gasteiger partial charge in [-0.2, -0.15) is 0 Å². The number of hydrogen-bond donors (Lipinski definition) is 1. The number of ether oxygens (including phenoxy) is 1. The summed E-state index contributed by atoms with van der Waals surface area (Å²) in [4.78, 5) is 19.1. The van der Waals surface area contributed by atoms with Crippen LogP contribution >= 0.6 is 11.3 Å². The third kappa shape index (κ3) is 4.89. The zero-order chi connectivity index (χ0) is 20.1. The number of rotatable bonds is 7. The summed E-state index contributed by atoms with van der Waals surface area (Å²) >= 11 is 1.82. The Morgan fingerprint density at radius 3 is 2.76 bits per heavy atom. The average Bonchev–Trinajstić information content (AvgIpc) is 3.26. The summed E-state index contributed by atoms with van der Waals surface area (Å²) in [7, 11) is 0. The van der Waals surface area contributed by atoms with Crippen molar-refractivity contribution in [1.29, 1.82) is 0 Å². The van der Waals surface area contributed by atoms with Gasteiger partial charge in [0.1, 0.15) is 0 Å². The molecule has 2 atom stereocenters. The summed E-state index contributed by atoms with van der Waals surface area (Å²) in [6.45, 7) is 7.74. The topological polar surface area (TPSA) is 44.8 Å². The van der Waals surface area contributed by atoms with Crippen molar-refractivity contribution in [3.63, 3.8) is 0 Å². The summed E-state index contributed by atoms with van der Waals surface area (Å²) in [6.07, 6.45) is 1.94. The minimum absolute atomic E-state index is 0.139. The molecule has 0 bridgehead atoms. The van der Waals surface area contributed by atoms with Crippen LogP contribution in [0.25, 0.3) is 0 Å². The van der Waals surface area contributed by atoms with Crippen LogP contribution in [0.1, 0.15) is 41.4 Å². The highest BCUT2D eigenvalue weighted by Crippen LogP contribution is 2.35. The van der Waals surface area contributed by atoms with E-state index in [0.717, 1.165) is 52.2 Å². The lowest BCUT2D eigenvalue weighted by atomic mass is 9.97. The van der Waals surface area contributed by atoms with Crippen molar-refractivity contribution in [2.45, 2.75) is 31.8 Å². The van der Waals surface area contributed by atoms with Gasteiger partial charge in [0.25, 0.3) is 0 Å². The molecule has 1 aromatic carbocycles. The Morgan fingerprint density at radius 2 is 2.00 bits per heavy atom. The number of hydrogen-bond acceptors (Lipinski definition) is 5. The number of nitrogens with one attached hydrogen (secondary N) is 1. The zero-order valence-electron chi connectivity index (χ0n) is 17.2. The van der Waals surface area contributed by atoms with E-state index in [2.05, 4.69) is 57.8 Å². The minimum Gasteiger partial charge on any atom is -0.379 e. The maximum atomic E-state index is 13.2. The van der Waals surface area contributed by atoms with Crippen molar-refractivity contribution in [3.8, 4) is 0 Å². The first-order valence-electron chi connectivity index (χ1n) is 10.7. The normalized spacial score (nSPS) is 21.0. The van der Waals surface area contributed by atoms with Crippen molar-refractivity contribution >= 4 is 17.2 Å². The molecule has 2 aliphatic heterocycles. The summed E-state index contributed by atoms with van der Waals surface area (Å²) in [5.41, 5.74) is 2.59. The van der Waals surface area contributed by atoms with Gasteiger partial charge in [0.15, 0.2) is 0 Å². The van der Waals surface area contributed by atoms with E-state index in [1.165, 1.54) is 16.0 Å². The van der Waals surface area contributed by atoms with E-state index in [1.807, 2.05) is 17.4 Å². The molecule has 0 aliphatic carbocycles. The molecule has 6 heteroatoms. The van der Waals surface area contributed by atoms with Crippen LogP contribution in [0.4, 0.5) is 0 Å². The average molecular weight is 414 g/mol. The smallest absolute Gasteiger partial charge is 0.237 e. The molecule has 3 heterocycles. The Labute approximate surface area is 177 Å². The molecule has 0 saturated carbocycles. The second-order valence-corrected chi connectivity index (χ2v) is 8.82. The number of nitrogens with zero attached hydrogens (tertiary/aromatic N) is 2. The van der Waals surface area contributed by atoms with Gasteiger partial charge >= 0.3 is 0 Å². The molecule has 2 aliphatic rings. The van der Waals surface area contributed by atoms with Gasteiger partial charge in [-0.3, -0.25) is 9.69 Å². The maximum Gasteiger partial charge on any atom is 0.237 e. The fourth-order valence-corrected chi connectivity index (χ4v) is 5.39. The predicted octanol–water partition coefficient (Wildman–Crippen LogP) is 3.25. The molecular weight excluding hydrogens is 382 g/mol. The predicted molar refractivity (Wildman–Crippen MR) is 117 cm³/mol. The van der Waals surface area contributed by atoms with E-state index in [0.29, 0.717) is 6.54 Å². The molecule has 2 aromatic rings. The van der Waals surface area contributed by atoms with Crippen molar-refractivity contribution in [2.75, 3.05) is 45.9 Å². The molecule has 1 amide bonds. The van der Waals surface area contributed by atoms with Crippen LogP contribution in [0.3, 0.4) is 0 Å². The van der Waals surface area contributed by atoms with Crippen molar-refractivity contribution in [1.82, 2.24) is 15.1 Å². The summed E-state index contributed by atoms with van der Waals surface area (Å²) in [5.74, 6) is 0.205. The summed E-state index contributed by atoms with van der Waals surface area (Å²) in [6, 6.07) is 13.0. The fourth-order valence-electron chi connectivity index (χ4n) is 4.46. The van der Waals surface area contributed by atoms with Crippen LogP contribution in [-0.2, 0) is 16.0 Å². The van der Waals surface area contributed by atoms with Crippen LogP contribution in [0.2, 0.25) is 0 Å². The quantitative estimate of drug-likeness (QED) is 0.757. The van der Waals surface area contributed by atoms with Crippen LogP contribution in [0, 0.1) is 0 Å². The van der Waals surface area contributed by atoms with Crippen molar-refractivity contribution in [3.05, 3.63) is 57.8 Å². The van der Waals surface area contributed by atoms with Crippen LogP contribution in [-0.4, -0.2) is 61.6 Å². The van der Waals surface area contributed by atoms with Gasteiger partial charge in [0, 0.05) is 37.1 Å². The Kier molecular flexibility index (Phi) is 6.98. The summed E-state index contributed by atoms with van der Waals surface area (Å²) < 4.78 is 5.49. The lowest BCUT2D eigenvalue weighted by molar-refractivity contribution is -0.133. The molecule has 1 saturated heterocycles. The Morgan fingerprint density at radius 1 is 1.21 bits per heavy atom. The first kappa shape index (κ1) is 20.5. The number of carbonyl (C=O) groups is 1. The Bertz CT molecular complexity index is 788. The van der Waals surface area contributed by atoms with Crippen molar-refractivity contribution < 1.29 is 9.53 Å². The number of morpholine rings is 1. The number of thiophene rings is 1. The molecule has 1 aromatic heterocycles. The molecule has 156 valence electrons. The standard InChI is InChI=1S/C23H31N3O2S/c1-2-21-19-9-15-29-22(19)8-10-26(21)23(27)16-24-20(18-6-4-3-5-7-18)17-25-11-13-28-14-12-25/h3-7,9,15,20-21,24H,2,8,10-14,16-17H2,1H3. The molecule has 1 N–H and O–H groups in total. The lowest BCUT2D eigenvalue weighted by Crippen LogP contribution is -2.46. The third-order valence-corrected chi connectivity index (χ3v) is 7.04. The highest BCUT2D eigenvalue weighted by atomic mass is 32.1. The zero-order valence-corrected chi connectivity index (χ0v) is 18.0. The minimum atomic E-state index is 0.139. The van der Waals surface area contributed by atoms with Gasteiger partial charge in [0.05, 0.1) is 25.8 Å². The van der Waals surface area contributed by atoms with E-state index < -0.39 is 0 Å². The van der Waals surface area contributed by atoms with Gasteiger partial charge in [-0.15, -0.1) is 11.3 Å². The van der Waals surface area contributed by atoms with E-state index in [9.17, 15) is 4.79 Å². The molecule has 5 nitrogen and oxygen atoms in total. The van der Waals surface area contributed by atoms with Gasteiger partial charge in [0.2, 0.25) is 5.91 Å². The van der Waals surface area contributed by atoms with E-state index in [4.69, 9.17) is 4.74 Å². The van der Waals surface area contributed by atoms with E-state index in [-0.39, 0.29) is 18.0 Å². The van der Waals surface area contributed by atoms with Gasteiger partial charge in [-0.25, -0.2) is 0 Å². The number of benzene rings is 1. The first-order chi connectivity index (χ1) is 14.3. The van der Waals surface area contributed by atoms with Crippen LogP contribution in [0.15, 0.2) is 41.8 Å². The Balaban J connectivity index is 1.42. The van der Waals surface area contributed by atoms with Gasteiger partial charge < -0.3 is 15.0 Å². The molecule has 4 rings (SSSR count). The molecule has 2 unspecified atom stereocenters. The van der Waals surface area contributed by atoms with E-state index in [1.54, 1.807) is 0 Å². The first-order valence-corrected chi connectivity index (χ1v) is 11.6. The largest absolute Gasteiger partial charge is 0.379 e. The number of carbonyl (C=O) groups excluding carboxylic acids is 1. The molecular formula is C23H31N3O2S. The van der Waals surface area contributed by atoms with Crippen molar-refractivity contribution in [2.24, 2.45) is 0 Å². The highest BCUT2D eigenvalue weighted by molar-refractivity contribution is 7.10. The van der Waals surface area contributed by atoms with Gasteiger partial charge in [-0.05, 0) is 35.4 Å². The lowest BCUT2D eigenvalue weighted by Gasteiger charge is -2.36. The second kappa shape index (κ2) is 9.85. The second-order valence-electron chi connectivity index (χ2n) is 7.82. The monoisotopic (exact) mass is 413 g/mol. The SMILES string of the molecule is CCC1c2ccsc2CCN1C(=O)CNC(CN1CCOCC1)c1ccccc1. The number of amides is 1. The van der Waals surface area contributed by atoms with Gasteiger partial charge in [-0.1, -0.05) is 37.3 Å². The van der Waals surface area contributed by atoms with Crippen LogP contribution in [0.5, 0.6) is 0 Å². The Hall–Kier alpha value is -1.73. The van der Waals surface area contributed by atoms with Crippen LogP contribution < -0.4 is 5.32 Å². The highest BCUT2D eigenvalue weighted by Gasteiger charge is 2.30. The molecule has 1 fully saturated rings. The summed E-state index contributed by atoms with van der Waals surface area (Å²) in [5, 5.41) is 5.73. The maximum absolute atomic E-state index is 13.2. The third-order valence-electron chi connectivity index (χ3n) is 6.05. The fraction of sp³-hybridized carbons (Fsp3) is 0.522. The molecule has 0 radical (unpaired) electrons.